The molecule has 1 amide bonds. The van der Waals surface area contributed by atoms with Gasteiger partial charge in [-0.15, -0.1) is 0 Å². The molecule has 5 heteroatoms. The van der Waals surface area contributed by atoms with Crippen molar-refractivity contribution in [1.29, 1.82) is 0 Å². The second-order valence-electron chi connectivity index (χ2n) is 7.19. The normalized spacial score (nSPS) is 21.2. The second kappa shape index (κ2) is 5.78. The Labute approximate surface area is 132 Å². The van der Waals surface area contributed by atoms with Crippen LogP contribution in [0.2, 0.25) is 0 Å². The maximum Gasteiger partial charge on any atom is 0.410 e. The molecule has 1 atom stereocenters. The lowest BCUT2D eigenvalue weighted by Gasteiger charge is -2.24. The number of pyridine rings is 1. The van der Waals surface area contributed by atoms with E-state index in [1.807, 2.05) is 20.8 Å². The Bertz CT molecular complexity index is 566. The minimum Gasteiger partial charge on any atom is -0.444 e. The number of fused-ring (bicyclic) bond motifs is 1. The zero-order valence-corrected chi connectivity index (χ0v) is 13.7. The smallest absolute Gasteiger partial charge is 0.410 e. The monoisotopic (exact) mass is 303 g/mol. The predicted molar refractivity (Wildman–Crippen MR) is 86.2 cm³/mol. The van der Waals surface area contributed by atoms with Gasteiger partial charge in [-0.3, -0.25) is 0 Å². The third kappa shape index (κ3) is 3.34. The van der Waals surface area contributed by atoms with Crippen molar-refractivity contribution in [3.8, 4) is 0 Å². The third-order valence-corrected chi connectivity index (χ3v) is 4.17. The molecule has 1 aromatic rings. The van der Waals surface area contributed by atoms with Crippen LogP contribution in [-0.4, -0.2) is 41.2 Å². The summed E-state index contributed by atoms with van der Waals surface area (Å²) in [6, 6.07) is 4.30. The van der Waals surface area contributed by atoms with Crippen molar-refractivity contribution < 1.29 is 9.53 Å². The number of amides is 1. The molecule has 5 nitrogen and oxygen atoms in total. The Hall–Kier alpha value is -1.78. The topological polar surface area (TPSA) is 54.5 Å². The molecule has 0 radical (unpaired) electrons. The maximum absolute atomic E-state index is 12.1. The number of nitrogens with one attached hydrogen (secondary N) is 1. The summed E-state index contributed by atoms with van der Waals surface area (Å²) in [5, 5.41) is 3.38. The number of aryl methyl sites for hydroxylation is 1. The number of hydrogen-bond donors (Lipinski definition) is 1. The van der Waals surface area contributed by atoms with Crippen molar-refractivity contribution in [3.63, 3.8) is 0 Å². The van der Waals surface area contributed by atoms with Crippen LogP contribution in [0.1, 0.15) is 50.8 Å². The summed E-state index contributed by atoms with van der Waals surface area (Å²) < 4.78 is 5.45. The first kappa shape index (κ1) is 15.1. The number of rotatable bonds is 1. The fourth-order valence-corrected chi connectivity index (χ4v) is 3.06. The Balaban J connectivity index is 1.66. The minimum absolute atomic E-state index is 0.217. The molecule has 2 aliphatic heterocycles. The summed E-state index contributed by atoms with van der Waals surface area (Å²) in [5.74, 6) is 1.33. The highest BCUT2D eigenvalue weighted by molar-refractivity contribution is 5.68. The van der Waals surface area contributed by atoms with E-state index in [0.29, 0.717) is 12.5 Å². The van der Waals surface area contributed by atoms with Gasteiger partial charge in [-0.2, -0.15) is 0 Å². The molecule has 1 saturated heterocycles. The van der Waals surface area contributed by atoms with Crippen molar-refractivity contribution in [1.82, 2.24) is 9.88 Å². The Kier molecular flexibility index (Phi) is 3.98. The molecule has 0 spiro atoms. The lowest BCUT2D eigenvalue weighted by molar-refractivity contribution is 0.0292. The molecular formula is C17H25N3O2. The first-order chi connectivity index (χ1) is 10.4. The molecule has 0 bridgehead atoms. The van der Waals surface area contributed by atoms with E-state index in [-0.39, 0.29) is 6.09 Å². The highest BCUT2D eigenvalue weighted by Gasteiger charge is 2.31. The van der Waals surface area contributed by atoms with Gasteiger partial charge in [0.2, 0.25) is 0 Å². The molecule has 22 heavy (non-hydrogen) atoms. The van der Waals surface area contributed by atoms with E-state index in [1.165, 1.54) is 12.0 Å². The number of hydrogen-bond acceptors (Lipinski definition) is 4. The molecule has 1 N–H and O–H groups in total. The van der Waals surface area contributed by atoms with E-state index in [0.717, 1.165) is 37.4 Å². The number of aromatic nitrogens is 1. The molecular weight excluding hydrogens is 278 g/mol. The largest absolute Gasteiger partial charge is 0.444 e. The number of anilines is 1. The zero-order valence-electron chi connectivity index (χ0n) is 13.7. The summed E-state index contributed by atoms with van der Waals surface area (Å²) in [6.07, 6.45) is 3.00. The van der Waals surface area contributed by atoms with Gasteiger partial charge in [0.15, 0.2) is 0 Å². The molecule has 0 aliphatic carbocycles. The van der Waals surface area contributed by atoms with Crippen LogP contribution in [-0.2, 0) is 11.2 Å². The van der Waals surface area contributed by atoms with Gasteiger partial charge < -0.3 is 15.0 Å². The van der Waals surface area contributed by atoms with Gasteiger partial charge in [-0.1, -0.05) is 6.07 Å². The molecule has 0 aromatic carbocycles. The van der Waals surface area contributed by atoms with Gasteiger partial charge in [0, 0.05) is 31.2 Å². The molecule has 2 aliphatic rings. The van der Waals surface area contributed by atoms with Gasteiger partial charge in [0.25, 0.3) is 0 Å². The Morgan fingerprint density at radius 3 is 3.00 bits per heavy atom. The number of carbonyl (C=O) groups excluding carboxylic acids is 1. The van der Waals surface area contributed by atoms with Gasteiger partial charge in [-0.05, 0) is 51.7 Å². The van der Waals surface area contributed by atoms with E-state index < -0.39 is 5.60 Å². The van der Waals surface area contributed by atoms with Crippen LogP contribution in [0.3, 0.4) is 0 Å². The van der Waals surface area contributed by atoms with Crippen molar-refractivity contribution >= 4 is 11.9 Å². The number of carbonyl (C=O) groups is 1. The van der Waals surface area contributed by atoms with E-state index in [4.69, 9.17) is 9.72 Å². The number of nitrogens with zero attached hydrogens (tertiary/aromatic N) is 2. The molecule has 3 heterocycles. The van der Waals surface area contributed by atoms with E-state index in [1.54, 1.807) is 4.90 Å². The number of ether oxygens (including phenoxy) is 1. The van der Waals surface area contributed by atoms with Crippen LogP contribution < -0.4 is 5.32 Å². The van der Waals surface area contributed by atoms with Crippen LogP contribution in [0.15, 0.2) is 12.1 Å². The fourth-order valence-electron chi connectivity index (χ4n) is 3.06. The maximum atomic E-state index is 12.1. The summed E-state index contributed by atoms with van der Waals surface area (Å²) in [6.45, 7) is 8.13. The second-order valence-corrected chi connectivity index (χ2v) is 7.19. The summed E-state index contributed by atoms with van der Waals surface area (Å²) in [5.41, 5.74) is 1.94. The SMILES string of the molecule is CC(C)(C)OC(=O)N1CC[C@@H](c2ccc3c(n2)NCCC3)C1. The molecule has 1 aromatic heterocycles. The van der Waals surface area contributed by atoms with Crippen molar-refractivity contribution in [2.24, 2.45) is 0 Å². The molecule has 1 fully saturated rings. The predicted octanol–water partition coefficient (Wildman–Crippen LogP) is 3.16. The van der Waals surface area contributed by atoms with Crippen molar-refractivity contribution in [2.75, 3.05) is 25.0 Å². The van der Waals surface area contributed by atoms with Gasteiger partial charge >= 0.3 is 6.09 Å². The highest BCUT2D eigenvalue weighted by atomic mass is 16.6. The van der Waals surface area contributed by atoms with Crippen LogP contribution >= 0.6 is 0 Å². The van der Waals surface area contributed by atoms with Gasteiger partial charge in [0.05, 0.1) is 0 Å². The fraction of sp³-hybridized carbons (Fsp3) is 0.647. The van der Waals surface area contributed by atoms with Crippen LogP contribution in [0.4, 0.5) is 10.6 Å². The van der Waals surface area contributed by atoms with E-state index in [2.05, 4.69) is 17.4 Å². The Morgan fingerprint density at radius 1 is 1.41 bits per heavy atom. The molecule has 3 rings (SSSR count). The van der Waals surface area contributed by atoms with Gasteiger partial charge in [-0.25, -0.2) is 9.78 Å². The number of likely N-dealkylation sites (tertiary alicyclic amines) is 1. The molecule has 0 unspecified atom stereocenters. The van der Waals surface area contributed by atoms with Crippen molar-refractivity contribution in [2.45, 2.75) is 51.6 Å². The third-order valence-electron chi connectivity index (χ3n) is 4.17. The average Bonchev–Trinajstić information content (AvgIpc) is 2.95. The lowest BCUT2D eigenvalue weighted by Crippen LogP contribution is -2.35. The first-order valence-electron chi connectivity index (χ1n) is 8.14. The first-order valence-corrected chi connectivity index (χ1v) is 8.14. The molecule has 120 valence electrons. The lowest BCUT2D eigenvalue weighted by atomic mass is 10.0. The summed E-state index contributed by atoms with van der Waals surface area (Å²) in [4.78, 5) is 18.7. The summed E-state index contributed by atoms with van der Waals surface area (Å²) in [7, 11) is 0. The quantitative estimate of drug-likeness (QED) is 0.866. The van der Waals surface area contributed by atoms with Gasteiger partial charge in [0.1, 0.15) is 11.4 Å². The molecule has 0 saturated carbocycles. The van der Waals surface area contributed by atoms with Crippen molar-refractivity contribution in [3.05, 3.63) is 23.4 Å². The highest BCUT2D eigenvalue weighted by Crippen LogP contribution is 2.30. The van der Waals surface area contributed by atoms with Crippen LogP contribution in [0.5, 0.6) is 0 Å². The van der Waals surface area contributed by atoms with Crippen LogP contribution in [0, 0.1) is 0 Å². The van der Waals surface area contributed by atoms with Crippen LogP contribution in [0.25, 0.3) is 0 Å². The van der Waals surface area contributed by atoms with E-state index >= 15 is 0 Å². The average molecular weight is 303 g/mol. The minimum atomic E-state index is -0.441. The Morgan fingerprint density at radius 2 is 2.23 bits per heavy atom. The summed E-state index contributed by atoms with van der Waals surface area (Å²) >= 11 is 0. The van der Waals surface area contributed by atoms with E-state index in [9.17, 15) is 4.79 Å². The standard InChI is InChI=1S/C17H25N3O2/c1-17(2,3)22-16(21)20-10-8-13(11-20)14-7-6-12-5-4-9-18-15(12)19-14/h6-7,13H,4-5,8-11H2,1-3H3,(H,18,19)/t13-/m1/s1. The zero-order chi connectivity index (χ0) is 15.7.